The van der Waals surface area contributed by atoms with Crippen molar-refractivity contribution in [3.05, 3.63) is 59.6 Å². The van der Waals surface area contributed by atoms with Crippen molar-refractivity contribution in [3.63, 3.8) is 0 Å². The lowest BCUT2D eigenvalue weighted by Gasteiger charge is -2.36. The van der Waals surface area contributed by atoms with E-state index in [1.54, 1.807) is 35.2 Å². The minimum Gasteiger partial charge on any atom is -0.368 e. The Morgan fingerprint density at radius 1 is 0.962 bits per heavy atom. The molecular formula is C19H21ClN2O3S. The van der Waals surface area contributed by atoms with Gasteiger partial charge in [0.15, 0.2) is 9.84 Å². The first kappa shape index (κ1) is 18.7. The van der Waals surface area contributed by atoms with E-state index in [9.17, 15) is 13.2 Å². The highest BCUT2D eigenvalue weighted by Crippen LogP contribution is 2.21. The Morgan fingerprint density at radius 3 is 2.31 bits per heavy atom. The van der Waals surface area contributed by atoms with Crippen molar-refractivity contribution in [1.82, 2.24) is 4.90 Å². The smallest absolute Gasteiger partial charge is 0.223 e. The topological polar surface area (TPSA) is 57.7 Å². The number of sulfone groups is 1. The van der Waals surface area contributed by atoms with Crippen molar-refractivity contribution in [2.75, 3.05) is 36.8 Å². The molecule has 0 N–H and O–H groups in total. The number of anilines is 1. The number of carbonyl (C=O) groups is 1. The highest BCUT2D eigenvalue weighted by molar-refractivity contribution is 7.91. The Kier molecular flexibility index (Phi) is 5.84. The van der Waals surface area contributed by atoms with Gasteiger partial charge < -0.3 is 9.80 Å². The molecule has 5 nitrogen and oxygen atoms in total. The minimum atomic E-state index is -3.43. The minimum absolute atomic E-state index is 0.00833. The van der Waals surface area contributed by atoms with Gasteiger partial charge in [0, 0.05) is 43.3 Å². The summed E-state index contributed by atoms with van der Waals surface area (Å²) in [5, 5.41) is 0.687. The van der Waals surface area contributed by atoms with Crippen LogP contribution in [-0.2, 0) is 14.6 Å². The molecule has 1 heterocycles. The summed E-state index contributed by atoms with van der Waals surface area (Å²) in [7, 11) is -3.43. The number of hydrogen-bond donors (Lipinski definition) is 0. The Balaban J connectivity index is 1.53. The predicted molar refractivity (Wildman–Crippen MR) is 103 cm³/mol. The van der Waals surface area contributed by atoms with Crippen molar-refractivity contribution in [3.8, 4) is 0 Å². The van der Waals surface area contributed by atoms with Crippen molar-refractivity contribution < 1.29 is 13.2 Å². The zero-order chi connectivity index (χ0) is 18.6. The molecule has 0 spiro atoms. The summed E-state index contributed by atoms with van der Waals surface area (Å²) < 4.78 is 24.6. The third-order valence-corrected chi connectivity index (χ3v) is 6.46. The van der Waals surface area contributed by atoms with Gasteiger partial charge >= 0.3 is 0 Å². The zero-order valence-electron chi connectivity index (χ0n) is 14.3. The van der Waals surface area contributed by atoms with E-state index in [1.165, 1.54) is 0 Å². The molecule has 1 saturated heterocycles. The lowest BCUT2D eigenvalue weighted by Crippen LogP contribution is -2.49. The van der Waals surface area contributed by atoms with Gasteiger partial charge in [0.2, 0.25) is 5.91 Å². The summed E-state index contributed by atoms with van der Waals surface area (Å²) in [6, 6.07) is 15.9. The Labute approximate surface area is 159 Å². The van der Waals surface area contributed by atoms with Crippen LogP contribution in [0.15, 0.2) is 59.5 Å². The number of benzene rings is 2. The third kappa shape index (κ3) is 4.56. The van der Waals surface area contributed by atoms with Crippen molar-refractivity contribution in [2.24, 2.45) is 0 Å². The molecule has 2 aromatic rings. The fourth-order valence-electron chi connectivity index (χ4n) is 3.01. The summed E-state index contributed by atoms with van der Waals surface area (Å²) >= 11 is 6.03. The van der Waals surface area contributed by atoms with E-state index in [4.69, 9.17) is 11.6 Å². The van der Waals surface area contributed by atoms with Crippen molar-refractivity contribution in [1.29, 1.82) is 0 Å². The number of halogens is 1. The largest absolute Gasteiger partial charge is 0.368 e. The predicted octanol–water partition coefficient (Wildman–Crippen LogP) is 2.85. The quantitative estimate of drug-likeness (QED) is 0.785. The molecule has 138 valence electrons. The molecule has 0 aliphatic carbocycles. The third-order valence-electron chi connectivity index (χ3n) is 4.49. The molecule has 2 aromatic carbocycles. The number of carbonyl (C=O) groups excluding carboxylic acids is 1. The van der Waals surface area contributed by atoms with Gasteiger partial charge in [-0.3, -0.25) is 4.79 Å². The maximum Gasteiger partial charge on any atom is 0.223 e. The van der Waals surface area contributed by atoms with E-state index in [1.807, 2.05) is 24.3 Å². The van der Waals surface area contributed by atoms with Crippen LogP contribution in [0.25, 0.3) is 0 Å². The van der Waals surface area contributed by atoms with E-state index in [0.29, 0.717) is 31.2 Å². The molecule has 0 saturated carbocycles. The maximum absolute atomic E-state index is 12.4. The summed E-state index contributed by atoms with van der Waals surface area (Å²) in [5.74, 6) is -0.278. The SMILES string of the molecule is O=C(CCS(=O)(=O)c1ccccc1)N1CCN(c2cccc(Cl)c2)CC1. The highest BCUT2D eigenvalue weighted by atomic mass is 35.5. The van der Waals surface area contributed by atoms with Gasteiger partial charge in [0.05, 0.1) is 10.6 Å². The lowest BCUT2D eigenvalue weighted by atomic mass is 10.2. The molecule has 1 fully saturated rings. The van der Waals surface area contributed by atoms with Crippen molar-refractivity contribution in [2.45, 2.75) is 11.3 Å². The van der Waals surface area contributed by atoms with Crippen LogP contribution in [0.1, 0.15) is 6.42 Å². The molecule has 26 heavy (non-hydrogen) atoms. The van der Waals surface area contributed by atoms with Gasteiger partial charge in [-0.25, -0.2) is 8.42 Å². The molecule has 3 rings (SSSR count). The molecular weight excluding hydrogens is 372 g/mol. The lowest BCUT2D eigenvalue weighted by molar-refractivity contribution is -0.131. The molecule has 7 heteroatoms. The molecule has 1 aliphatic rings. The average molecular weight is 393 g/mol. The second-order valence-electron chi connectivity index (χ2n) is 6.23. The van der Waals surface area contributed by atoms with Crippen LogP contribution >= 0.6 is 11.6 Å². The number of nitrogens with zero attached hydrogens (tertiary/aromatic N) is 2. The van der Waals surface area contributed by atoms with Crippen LogP contribution in [-0.4, -0.2) is 51.2 Å². The summed E-state index contributed by atoms with van der Waals surface area (Å²) in [5.41, 5.74) is 1.04. The summed E-state index contributed by atoms with van der Waals surface area (Å²) in [6.07, 6.45) is 0.00833. The highest BCUT2D eigenvalue weighted by Gasteiger charge is 2.23. The first-order chi connectivity index (χ1) is 12.5. The van der Waals surface area contributed by atoms with E-state index in [0.717, 1.165) is 5.69 Å². The average Bonchev–Trinajstić information content (AvgIpc) is 2.67. The maximum atomic E-state index is 12.4. The Morgan fingerprint density at radius 2 is 1.65 bits per heavy atom. The van der Waals surface area contributed by atoms with Crippen LogP contribution in [0.2, 0.25) is 5.02 Å². The van der Waals surface area contributed by atoms with Crippen LogP contribution in [0.3, 0.4) is 0 Å². The Hall–Kier alpha value is -2.05. The van der Waals surface area contributed by atoms with Crippen LogP contribution < -0.4 is 4.90 Å². The second kappa shape index (κ2) is 8.10. The molecule has 0 bridgehead atoms. The second-order valence-corrected chi connectivity index (χ2v) is 8.78. The van der Waals surface area contributed by atoms with Gasteiger partial charge in [-0.05, 0) is 30.3 Å². The van der Waals surface area contributed by atoms with Gasteiger partial charge in [-0.1, -0.05) is 35.9 Å². The molecule has 0 aromatic heterocycles. The van der Waals surface area contributed by atoms with E-state index >= 15 is 0 Å². The van der Waals surface area contributed by atoms with Gasteiger partial charge in [-0.15, -0.1) is 0 Å². The number of rotatable bonds is 5. The van der Waals surface area contributed by atoms with Gasteiger partial charge in [0.25, 0.3) is 0 Å². The van der Waals surface area contributed by atoms with E-state index in [-0.39, 0.29) is 23.0 Å². The number of piperazine rings is 1. The monoisotopic (exact) mass is 392 g/mol. The van der Waals surface area contributed by atoms with Gasteiger partial charge in [0.1, 0.15) is 0 Å². The number of amides is 1. The normalized spacial score (nSPS) is 15.1. The summed E-state index contributed by atoms with van der Waals surface area (Å²) in [6.45, 7) is 2.57. The molecule has 0 atom stereocenters. The molecule has 0 radical (unpaired) electrons. The summed E-state index contributed by atoms with van der Waals surface area (Å²) in [4.78, 5) is 16.6. The van der Waals surface area contributed by atoms with E-state index in [2.05, 4.69) is 4.90 Å². The Bertz CT molecular complexity index is 863. The zero-order valence-corrected chi connectivity index (χ0v) is 15.9. The number of hydrogen-bond acceptors (Lipinski definition) is 4. The first-order valence-corrected chi connectivity index (χ1v) is 10.5. The van der Waals surface area contributed by atoms with Gasteiger partial charge in [-0.2, -0.15) is 0 Å². The fourth-order valence-corrected chi connectivity index (χ4v) is 4.45. The fraction of sp³-hybridized carbons (Fsp3) is 0.316. The first-order valence-electron chi connectivity index (χ1n) is 8.52. The standard InChI is InChI=1S/C19H21ClN2O3S/c20-16-5-4-6-17(15-16)21-10-12-22(13-11-21)19(23)9-14-26(24,25)18-7-2-1-3-8-18/h1-8,15H,9-14H2. The van der Waals surface area contributed by atoms with E-state index < -0.39 is 9.84 Å². The van der Waals surface area contributed by atoms with Crippen molar-refractivity contribution >= 4 is 33.0 Å². The molecule has 1 aliphatic heterocycles. The van der Waals surface area contributed by atoms with Crippen LogP contribution in [0, 0.1) is 0 Å². The molecule has 1 amide bonds. The molecule has 0 unspecified atom stereocenters. The van der Waals surface area contributed by atoms with Crippen LogP contribution in [0.4, 0.5) is 5.69 Å². The van der Waals surface area contributed by atoms with Crippen LogP contribution in [0.5, 0.6) is 0 Å².